The molecule has 0 saturated heterocycles. The molecule has 0 amide bonds. The first-order valence-corrected chi connectivity index (χ1v) is 34.9. The summed E-state index contributed by atoms with van der Waals surface area (Å²) in [6, 6.07) is 0. The van der Waals surface area contributed by atoms with E-state index in [9.17, 15) is 14.4 Å². The molecule has 0 aromatic rings. The topological polar surface area (TPSA) is 78.9 Å². The van der Waals surface area contributed by atoms with Crippen molar-refractivity contribution in [3.63, 3.8) is 0 Å². The van der Waals surface area contributed by atoms with Gasteiger partial charge in [-0.05, 0) is 70.6 Å². The van der Waals surface area contributed by atoms with Crippen LogP contribution in [0.2, 0.25) is 0 Å². The summed E-state index contributed by atoms with van der Waals surface area (Å²) in [7, 11) is 0. The highest BCUT2D eigenvalue weighted by Crippen LogP contribution is 2.18. The van der Waals surface area contributed by atoms with Gasteiger partial charge in [-0.15, -0.1) is 0 Å². The Hall–Kier alpha value is -3.15. The molecule has 0 N–H and O–H groups in total. The Bertz CT molecular complexity index is 1470. The zero-order valence-corrected chi connectivity index (χ0v) is 53.3. The largest absolute Gasteiger partial charge is 0.462 e. The van der Waals surface area contributed by atoms with Crippen molar-refractivity contribution < 1.29 is 28.6 Å². The molecule has 6 heteroatoms. The fraction of sp³-hybridized carbons (Fsp3) is 0.797. The molecular weight excluding hydrogens is 985 g/mol. The van der Waals surface area contributed by atoms with Gasteiger partial charge in [0, 0.05) is 12.8 Å². The van der Waals surface area contributed by atoms with Crippen molar-refractivity contribution in [2.24, 2.45) is 0 Å². The first kappa shape index (κ1) is 76.9. The fourth-order valence-electron chi connectivity index (χ4n) is 10.3. The smallest absolute Gasteiger partial charge is 0.309 e. The minimum Gasteiger partial charge on any atom is -0.462 e. The lowest BCUT2D eigenvalue weighted by Gasteiger charge is -2.18. The highest BCUT2D eigenvalue weighted by molar-refractivity contribution is 5.72. The third-order valence-corrected chi connectivity index (χ3v) is 15.5. The number of hydrogen-bond acceptors (Lipinski definition) is 6. The van der Waals surface area contributed by atoms with Crippen molar-refractivity contribution >= 4 is 17.9 Å². The average molecular weight is 1120 g/mol. The van der Waals surface area contributed by atoms with Crippen molar-refractivity contribution in [1.29, 1.82) is 0 Å². The van der Waals surface area contributed by atoms with Crippen LogP contribution in [-0.2, 0) is 28.6 Å². The van der Waals surface area contributed by atoms with Gasteiger partial charge in [0.2, 0.25) is 0 Å². The van der Waals surface area contributed by atoms with E-state index in [1.165, 1.54) is 250 Å². The molecule has 0 spiro atoms. The van der Waals surface area contributed by atoms with E-state index in [4.69, 9.17) is 14.2 Å². The molecule has 0 bridgehead atoms. The van der Waals surface area contributed by atoms with Crippen LogP contribution in [0, 0.1) is 0 Å². The molecule has 0 heterocycles. The van der Waals surface area contributed by atoms with Crippen LogP contribution >= 0.6 is 0 Å². The van der Waals surface area contributed by atoms with Crippen molar-refractivity contribution in [1.82, 2.24) is 0 Å². The molecule has 0 fully saturated rings. The maximum absolute atomic E-state index is 12.9. The molecule has 1 unspecified atom stereocenters. The molecule has 0 aromatic carbocycles. The zero-order chi connectivity index (χ0) is 57.8. The van der Waals surface area contributed by atoms with Gasteiger partial charge in [-0.3, -0.25) is 14.4 Å². The van der Waals surface area contributed by atoms with Crippen molar-refractivity contribution in [3.05, 3.63) is 72.9 Å². The Morgan fingerprint density at radius 2 is 0.537 bits per heavy atom. The predicted molar refractivity (Wildman–Crippen MR) is 348 cm³/mol. The molecule has 464 valence electrons. The normalized spacial score (nSPS) is 12.5. The minimum absolute atomic E-state index is 0.101. The molecular formula is C74H132O6. The number of carbonyl (C=O) groups is 3. The van der Waals surface area contributed by atoms with Gasteiger partial charge in [-0.25, -0.2) is 0 Å². The SMILES string of the molecule is CC/C=C\C/C=C\C/C=C\C/C=C\C/C=C\CC(=O)OCC(COC(=O)CCCCCCCCCCCCCCCCC/C=C\CCCCCCCCCC)OC(=O)CCCCCCCCCCCCCCCCCCCCCC. The van der Waals surface area contributed by atoms with E-state index in [0.29, 0.717) is 12.8 Å². The van der Waals surface area contributed by atoms with Crippen molar-refractivity contribution in [2.45, 2.75) is 367 Å². The number of carbonyl (C=O) groups excluding carboxylic acids is 3. The van der Waals surface area contributed by atoms with Crippen LogP contribution in [0.25, 0.3) is 0 Å². The monoisotopic (exact) mass is 1120 g/mol. The summed E-state index contributed by atoms with van der Waals surface area (Å²) in [5.74, 6) is -1.01. The van der Waals surface area contributed by atoms with Gasteiger partial charge in [-0.1, -0.05) is 344 Å². The number of hydrogen-bond donors (Lipinski definition) is 0. The lowest BCUT2D eigenvalue weighted by molar-refractivity contribution is -0.166. The quantitative estimate of drug-likeness (QED) is 0.0261. The van der Waals surface area contributed by atoms with Gasteiger partial charge >= 0.3 is 17.9 Å². The summed E-state index contributed by atoms with van der Waals surface area (Å²) in [5, 5.41) is 0. The molecule has 0 rings (SSSR count). The first-order chi connectivity index (χ1) is 39.5. The van der Waals surface area contributed by atoms with Gasteiger partial charge in [0.05, 0.1) is 6.42 Å². The average Bonchev–Trinajstić information content (AvgIpc) is 3.46. The summed E-state index contributed by atoms with van der Waals surface area (Å²) < 4.78 is 16.9. The molecule has 0 aliphatic carbocycles. The van der Waals surface area contributed by atoms with E-state index in [0.717, 1.165) is 70.6 Å². The van der Waals surface area contributed by atoms with E-state index < -0.39 is 12.1 Å². The summed E-state index contributed by atoms with van der Waals surface area (Å²) in [4.78, 5) is 38.3. The number of unbranched alkanes of at least 4 members (excludes halogenated alkanes) is 42. The highest BCUT2D eigenvalue weighted by atomic mass is 16.6. The van der Waals surface area contributed by atoms with Gasteiger partial charge in [0.15, 0.2) is 6.10 Å². The number of rotatable bonds is 64. The lowest BCUT2D eigenvalue weighted by Crippen LogP contribution is -2.30. The summed E-state index contributed by atoms with van der Waals surface area (Å²) in [6.45, 7) is 6.50. The first-order valence-electron chi connectivity index (χ1n) is 34.9. The van der Waals surface area contributed by atoms with Crippen LogP contribution in [0.15, 0.2) is 72.9 Å². The molecule has 0 aromatic heterocycles. The Kier molecular flexibility index (Phi) is 65.7. The second-order valence-corrected chi connectivity index (χ2v) is 23.4. The summed E-state index contributed by atoms with van der Waals surface area (Å²) in [6.07, 6.45) is 89.6. The Morgan fingerprint density at radius 3 is 0.863 bits per heavy atom. The lowest BCUT2D eigenvalue weighted by atomic mass is 10.0. The van der Waals surface area contributed by atoms with Gasteiger partial charge in [-0.2, -0.15) is 0 Å². The van der Waals surface area contributed by atoms with E-state index in [-0.39, 0.29) is 31.6 Å². The van der Waals surface area contributed by atoms with Gasteiger partial charge in [0.1, 0.15) is 13.2 Å². The fourth-order valence-corrected chi connectivity index (χ4v) is 10.3. The third kappa shape index (κ3) is 65.7. The van der Waals surface area contributed by atoms with E-state index in [1.807, 2.05) is 12.2 Å². The van der Waals surface area contributed by atoms with E-state index in [2.05, 4.69) is 81.5 Å². The standard InChI is InChI=1S/C74H132O6/c1-4-7-10-13-16-19-22-25-28-30-32-34-35-36-37-38-39-40-42-43-46-49-52-55-58-61-64-67-73(76)79-70-71(69-78-72(75)66-63-60-57-54-51-48-45-27-24-21-18-15-12-9-6-3)80-74(77)68-65-62-59-56-53-50-47-44-41-33-31-29-26-23-20-17-14-11-8-5-2/h9,12,18,21,27,30,32,45,51,54,60,63,71H,4-8,10-11,13-17,19-20,22-26,28-29,31,33-44,46-50,52-53,55-59,61-62,64-70H2,1-3H3/b12-9-,21-18-,32-30-,45-27-,54-51-,63-60-. The van der Waals surface area contributed by atoms with Crippen LogP contribution in [0.4, 0.5) is 0 Å². The number of ether oxygens (including phenoxy) is 3. The Balaban J connectivity index is 4.31. The van der Waals surface area contributed by atoms with E-state index >= 15 is 0 Å². The maximum Gasteiger partial charge on any atom is 0.309 e. The predicted octanol–water partition coefficient (Wildman–Crippen LogP) is 24.1. The maximum atomic E-state index is 12.9. The van der Waals surface area contributed by atoms with Crippen LogP contribution in [0.5, 0.6) is 0 Å². The number of allylic oxidation sites excluding steroid dienone is 11. The van der Waals surface area contributed by atoms with Crippen LogP contribution in [-0.4, -0.2) is 37.2 Å². The molecule has 0 aliphatic rings. The van der Waals surface area contributed by atoms with Gasteiger partial charge in [0.25, 0.3) is 0 Å². The second-order valence-electron chi connectivity index (χ2n) is 23.4. The van der Waals surface area contributed by atoms with E-state index in [1.54, 1.807) is 0 Å². The zero-order valence-electron chi connectivity index (χ0n) is 53.3. The molecule has 0 radical (unpaired) electrons. The summed E-state index contributed by atoms with van der Waals surface area (Å²) >= 11 is 0. The summed E-state index contributed by atoms with van der Waals surface area (Å²) in [5.41, 5.74) is 0. The van der Waals surface area contributed by atoms with Crippen molar-refractivity contribution in [3.8, 4) is 0 Å². The number of esters is 3. The molecule has 1 atom stereocenters. The Labute approximate surface area is 497 Å². The van der Waals surface area contributed by atoms with Crippen LogP contribution in [0.3, 0.4) is 0 Å². The second kappa shape index (κ2) is 68.3. The van der Waals surface area contributed by atoms with Gasteiger partial charge < -0.3 is 14.2 Å². The Morgan fingerprint density at radius 1 is 0.275 bits per heavy atom. The highest BCUT2D eigenvalue weighted by Gasteiger charge is 2.19. The molecule has 80 heavy (non-hydrogen) atoms. The molecule has 0 saturated carbocycles. The molecule has 6 nitrogen and oxygen atoms in total. The molecule has 0 aliphatic heterocycles. The minimum atomic E-state index is -0.814. The van der Waals surface area contributed by atoms with Crippen LogP contribution < -0.4 is 0 Å². The van der Waals surface area contributed by atoms with Crippen molar-refractivity contribution in [2.75, 3.05) is 13.2 Å². The third-order valence-electron chi connectivity index (χ3n) is 15.5. The van der Waals surface area contributed by atoms with Crippen LogP contribution in [0.1, 0.15) is 361 Å².